The van der Waals surface area contributed by atoms with Crippen molar-refractivity contribution >= 4 is 10.0 Å². The molecule has 8 heteroatoms. The molecule has 0 amide bonds. The molecule has 1 N–H and O–H groups in total. The number of H-pyrrole nitrogens is 1. The molecule has 0 atom stereocenters. The Morgan fingerprint density at radius 1 is 1.40 bits per heavy atom. The number of ether oxygens (including phenoxy) is 1. The largest absolute Gasteiger partial charge is 0.497 e. The van der Waals surface area contributed by atoms with Crippen molar-refractivity contribution in [2.24, 2.45) is 0 Å². The summed E-state index contributed by atoms with van der Waals surface area (Å²) in [6.07, 6.45) is 1.35. The number of nitrogens with zero attached hydrogens (tertiary/aromatic N) is 3. The molecule has 0 unspecified atom stereocenters. The van der Waals surface area contributed by atoms with E-state index in [-0.39, 0.29) is 12.3 Å². The molecule has 2 rings (SSSR count). The molecule has 0 saturated carbocycles. The molecule has 7 nitrogen and oxygen atoms in total. The Morgan fingerprint density at radius 2 is 2.20 bits per heavy atom. The van der Waals surface area contributed by atoms with Crippen molar-refractivity contribution in [3.05, 3.63) is 42.0 Å². The molecule has 0 fully saturated rings. The van der Waals surface area contributed by atoms with Crippen LogP contribution in [0.5, 0.6) is 5.75 Å². The summed E-state index contributed by atoms with van der Waals surface area (Å²) < 4.78 is 30.8. The zero-order chi connectivity index (χ0) is 14.6. The fraction of sp³-hybridized carbons (Fsp3) is 0.333. The predicted octanol–water partition coefficient (Wildman–Crippen LogP) is 0.775. The molecule has 1 aromatic carbocycles. The van der Waals surface area contributed by atoms with Gasteiger partial charge in [0, 0.05) is 7.05 Å². The first-order valence-corrected chi connectivity index (χ1v) is 7.53. The maximum absolute atomic E-state index is 12.2. The Kier molecular flexibility index (Phi) is 4.35. The van der Waals surface area contributed by atoms with Gasteiger partial charge in [-0.1, -0.05) is 12.1 Å². The molecule has 0 spiro atoms. The third-order valence-corrected chi connectivity index (χ3v) is 4.57. The smallest absolute Gasteiger partial charge is 0.218 e. The molecule has 0 aliphatic rings. The van der Waals surface area contributed by atoms with E-state index in [1.165, 1.54) is 17.7 Å². The van der Waals surface area contributed by atoms with Gasteiger partial charge in [-0.25, -0.2) is 13.4 Å². The normalized spacial score (nSPS) is 11.8. The first kappa shape index (κ1) is 14.5. The molecule has 0 bridgehead atoms. The van der Waals surface area contributed by atoms with Crippen LogP contribution in [0.2, 0.25) is 0 Å². The quantitative estimate of drug-likeness (QED) is 0.851. The highest BCUT2D eigenvalue weighted by Gasteiger charge is 2.20. The lowest BCUT2D eigenvalue weighted by molar-refractivity contribution is 0.414. The lowest BCUT2D eigenvalue weighted by atomic mass is 10.2. The van der Waals surface area contributed by atoms with Gasteiger partial charge in [0.1, 0.15) is 17.9 Å². The van der Waals surface area contributed by atoms with Crippen LogP contribution in [0.15, 0.2) is 30.6 Å². The topological polar surface area (TPSA) is 88.2 Å². The fourth-order valence-corrected chi connectivity index (χ4v) is 2.84. The van der Waals surface area contributed by atoms with Crippen LogP contribution in [0, 0.1) is 0 Å². The van der Waals surface area contributed by atoms with Crippen LogP contribution < -0.4 is 4.74 Å². The minimum atomic E-state index is -3.42. The van der Waals surface area contributed by atoms with Gasteiger partial charge in [0.2, 0.25) is 10.0 Å². The number of aromatic amines is 1. The number of hydrogen-bond acceptors (Lipinski definition) is 5. The van der Waals surface area contributed by atoms with Gasteiger partial charge >= 0.3 is 0 Å². The van der Waals surface area contributed by atoms with Crippen LogP contribution >= 0.6 is 0 Å². The van der Waals surface area contributed by atoms with E-state index >= 15 is 0 Å². The molecule has 2 aromatic rings. The average molecular weight is 296 g/mol. The summed E-state index contributed by atoms with van der Waals surface area (Å²) in [4.78, 5) is 3.91. The van der Waals surface area contributed by atoms with Crippen LogP contribution in [0.1, 0.15) is 11.4 Å². The Balaban J connectivity index is 2.09. The Bertz CT molecular complexity index is 655. The van der Waals surface area contributed by atoms with Gasteiger partial charge in [0.25, 0.3) is 0 Å². The fourth-order valence-electron chi connectivity index (χ4n) is 1.70. The van der Waals surface area contributed by atoms with E-state index in [1.807, 2.05) is 0 Å². The second-order valence-electron chi connectivity index (χ2n) is 4.30. The third-order valence-electron chi connectivity index (χ3n) is 2.80. The SMILES string of the molecule is COc1cccc(CS(=O)(=O)N(C)Cc2ncn[nH]2)c1. The number of methoxy groups -OCH3 is 1. The van der Waals surface area contributed by atoms with Gasteiger partial charge in [0.15, 0.2) is 0 Å². The molecule has 108 valence electrons. The second-order valence-corrected chi connectivity index (χ2v) is 6.37. The van der Waals surface area contributed by atoms with Crippen molar-refractivity contribution in [2.45, 2.75) is 12.3 Å². The van der Waals surface area contributed by atoms with E-state index in [1.54, 1.807) is 31.4 Å². The summed E-state index contributed by atoms with van der Waals surface area (Å²) in [5, 5.41) is 6.32. The molecule has 1 aromatic heterocycles. The summed E-state index contributed by atoms with van der Waals surface area (Å²) in [5.41, 5.74) is 0.675. The Morgan fingerprint density at radius 3 is 2.85 bits per heavy atom. The van der Waals surface area contributed by atoms with Crippen LogP contribution in [0.4, 0.5) is 0 Å². The average Bonchev–Trinajstić information content (AvgIpc) is 2.91. The lowest BCUT2D eigenvalue weighted by Gasteiger charge is -2.16. The van der Waals surface area contributed by atoms with Crippen LogP contribution in [0.25, 0.3) is 0 Å². The van der Waals surface area contributed by atoms with E-state index in [0.717, 1.165) is 0 Å². The number of hydrogen-bond donors (Lipinski definition) is 1. The van der Waals surface area contributed by atoms with E-state index in [2.05, 4.69) is 15.2 Å². The van der Waals surface area contributed by atoms with Crippen LogP contribution in [-0.4, -0.2) is 42.1 Å². The Hall–Kier alpha value is -1.93. The molecule has 1 heterocycles. The zero-order valence-corrected chi connectivity index (χ0v) is 12.1. The first-order valence-electron chi connectivity index (χ1n) is 5.92. The van der Waals surface area contributed by atoms with Gasteiger partial charge in [-0.05, 0) is 17.7 Å². The van der Waals surface area contributed by atoms with Crippen LogP contribution in [-0.2, 0) is 22.3 Å². The van der Waals surface area contributed by atoms with Gasteiger partial charge < -0.3 is 4.74 Å². The van der Waals surface area contributed by atoms with Crippen molar-refractivity contribution in [3.8, 4) is 5.75 Å². The summed E-state index contributed by atoms with van der Waals surface area (Å²) in [6, 6.07) is 7.00. The molecule has 0 radical (unpaired) electrons. The lowest BCUT2D eigenvalue weighted by Crippen LogP contribution is -2.28. The molecule has 0 aliphatic carbocycles. The summed E-state index contributed by atoms with van der Waals surface area (Å²) in [5.74, 6) is 1.05. The third kappa shape index (κ3) is 3.55. The first-order chi connectivity index (χ1) is 9.51. The standard InChI is InChI=1S/C12H16N4O3S/c1-16(7-12-13-9-14-15-12)20(17,18)8-10-4-3-5-11(6-10)19-2/h3-6,9H,7-8H2,1-2H3,(H,13,14,15). The van der Waals surface area contributed by atoms with Gasteiger partial charge in [-0.3, -0.25) is 5.10 Å². The van der Waals surface area contributed by atoms with Crippen molar-refractivity contribution in [2.75, 3.05) is 14.2 Å². The second kappa shape index (κ2) is 6.02. The van der Waals surface area contributed by atoms with Gasteiger partial charge in [-0.2, -0.15) is 9.40 Å². The maximum atomic E-state index is 12.2. The molecule has 0 saturated heterocycles. The highest BCUT2D eigenvalue weighted by atomic mass is 32.2. The van der Waals surface area contributed by atoms with Crippen LogP contribution in [0.3, 0.4) is 0 Å². The number of rotatable bonds is 6. The number of sulfonamides is 1. The maximum Gasteiger partial charge on any atom is 0.218 e. The van der Waals surface area contributed by atoms with Crippen molar-refractivity contribution in [1.29, 1.82) is 0 Å². The minimum absolute atomic E-state index is 0.0885. The van der Waals surface area contributed by atoms with Crippen molar-refractivity contribution in [1.82, 2.24) is 19.5 Å². The van der Waals surface area contributed by atoms with E-state index < -0.39 is 10.0 Å². The summed E-state index contributed by atoms with van der Waals surface area (Å²) >= 11 is 0. The molecular weight excluding hydrogens is 280 g/mol. The number of benzene rings is 1. The molecule has 0 aliphatic heterocycles. The predicted molar refractivity (Wildman–Crippen MR) is 73.5 cm³/mol. The van der Waals surface area contributed by atoms with Gasteiger partial charge in [-0.15, -0.1) is 0 Å². The summed E-state index contributed by atoms with van der Waals surface area (Å²) in [7, 11) is -0.367. The molecule has 20 heavy (non-hydrogen) atoms. The van der Waals surface area contributed by atoms with Crippen molar-refractivity contribution < 1.29 is 13.2 Å². The monoisotopic (exact) mass is 296 g/mol. The molecular formula is C12H16N4O3S. The van der Waals surface area contributed by atoms with E-state index in [0.29, 0.717) is 17.1 Å². The Labute approximate surface area is 117 Å². The number of nitrogens with one attached hydrogen (secondary N) is 1. The minimum Gasteiger partial charge on any atom is -0.497 e. The van der Waals surface area contributed by atoms with E-state index in [9.17, 15) is 8.42 Å². The zero-order valence-electron chi connectivity index (χ0n) is 11.3. The number of aromatic nitrogens is 3. The highest BCUT2D eigenvalue weighted by molar-refractivity contribution is 7.88. The highest BCUT2D eigenvalue weighted by Crippen LogP contribution is 2.16. The van der Waals surface area contributed by atoms with Crippen molar-refractivity contribution in [3.63, 3.8) is 0 Å². The van der Waals surface area contributed by atoms with Gasteiger partial charge in [0.05, 0.1) is 19.4 Å². The van der Waals surface area contributed by atoms with E-state index in [4.69, 9.17) is 4.74 Å². The summed E-state index contributed by atoms with van der Waals surface area (Å²) in [6.45, 7) is 0.159.